The number of sulfonamides is 1. The lowest BCUT2D eigenvalue weighted by atomic mass is 9.97. The van der Waals surface area contributed by atoms with Crippen LogP contribution in [0, 0.1) is 5.41 Å². The van der Waals surface area contributed by atoms with E-state index < -0.39 is 10.0 Å². The second kappa shape index (κ2) is 4.76. The zero-order chi connectivity index (χ0) is 14.3. The Balaban J connectivity index is 2.48. The minimum atomic E-state index is -3.52. The van der Waals surface area contributed by atoms with E-state index in [1.807, 2.05) is 27.7 Å². The Morgan fingerprint density at radius 3 is 2.79 bits per heavy atom. The molecule has 1 aliphatic rings. The molecule has 0 spiro atoms. The van der Waals surface area contributed by atoms with E-state index in [4.69, 9.17) is 4.74 Å². The van der Waals surface area contributed by atoms with Crippen molar-refractivity contribution in [1.82, 2.24) is 9.29 Å². The molecular weight excluding hydrogens is 264 g/mol. The first-order chi connectivity index (χ1) is 8.70. The molecule has 1 unspecified atom stereocenters. The van der Waals surface area contributed by atoms with Crippen LogP contribution in [-0.2, 0) is 10.0 Å². The third-order valence-corrected chi connectivity index (χ3v) is 4.66. The number of pyridine rings is 1. The summed E-state index contributed by atoms with van der Waals surface area (Å²) in [6.07, 6.45) is 2.75. The van der Waals surface area contributed by atoms with Crippen LogP contribution in [0.4, 0.5) is 0 Å². The van der Waals surface area contributed by atoms with Crippen molar-refractivity contribution < 1.29 is 13.2 Å². The molecule has 0 amide bonds. The molecule has 19 heavy (non-hydrogen) atoms. The molecule has 1 atom stereocenters. The highest BCUT2D eigenvalue weighted by atomic mass is 32.2. The van der Waals surface area contributed by atoms with Gasteiger partial charge in [-0.15, -0.1) is 0 Å². The summed E-state index contributed by atoms with van der Waals surface area (Å²) in [7, 11) is -3.52. The maximum atomic E-state index is 12.7. The molecule has 0 radical (unpaired) electrons. The van der Waals surface area contributed by atoms with Gasteiger partial charge >= 0.3 is 0 Å². The van der Waals surface area contributed by atoms with Crippen molar-refractivity contribution in [3.8, 4) is 5.75 Å². The molecule has 5 nitrogen and oxygen atoms in total. The summed E-state index contributed by atoms with van der Waals surface area (Å²) in [6, 6.07) is 1.50. The Morgan fingerprint density at radius 1 is 1.47 bits per heavy atom. The van der Waals surface area contributed by atoms with Gasteiger partial charge in [-0.25, -0.2) is 8.42 Å². The van der Waals surface area contributed by atoms with Crippen LogP contribution in [0.15, 0.2) is 23.4 Å². The van der Waals surface area contributed by atoms with Gasteiger partial charge < -0.3 is 4.74 Å². The monoisotopic (exact) mass is 284 g/mol. The van der Waals surface area contributed by atoms with Crippen molar-refractivity contribution in [3.63, 3.8) is 0 Å². The lowest BCUT2D eigenvalue weighted by Crippen LogP contribution is -2.41. The van der Waals surface area contributed by atoms with Gasteiger partial charge in [0, 0.05) is 12.7 Å². The number of nitrogens with zero attached hydrogens (tertiary/aromatic N) is 2. The molecular formula is C13H20N2O3S. The fraction of sp³-hybridized carbons (Fsp3) is 0.615. The van der Waals surface area contributed by atoms with Gasteiger partial charge in [0.2, 0.25) is 10.0 Å². The maximum absolute atomic E-state index is 12.7. The first-order valence-electron chi connectivity index (χ1n) is 6.31. The summed E-state index contributed by atoms with van der Waals surface area (Å²) < 4.78 is 32.5. The molecule has 2 heterocycles. The van der Waals surface area contributed by atoms with E-state index in [9.17, 15) is 8.42 Å². The molecule has 0 fully saturated rings. The minimum Gasteiger partial charge on any atom is -0.486 e. The first kappa shape index (κ1) is 14.3. The smallest absolute Gasteiger partial charge is 0.247 e. The average Bonchev–Trinajstić information content (AvgIpc) is 2.34. The summed E-state index contributed by atoms with van der Waals surface area (Å²) in [5.74, 6) is 0.339. The van der Waals surface area contributed by atoms with Gasteiger partial charge in [-0.05, 0) is 18.4 Å². The first-order valence-corrected chi connectivity index (χ1v) is 7.75. The lowest BCUT2D eigenvalue weighted by Gasteiger charge is -2.28. The van der Waals surface area contributed by atoms with Crippen LogP contribution < -0.4 is 4.74 Å². The predicted molar refractivity (Wildman–Crippen MR) is 72.5 cm³/mol. The highest BCUT2D eigenvalue weighted by Crippen LogP contribution is 2.31. The van der Waals surface area contributed by atoms with E-state index in [2.05, 4.69) is 4.98 Å². The molecule has 1 aliphatic heterocycles. The summed E-state index contributed by atoms with van der Waals surface area (Å²) in [6.45, 7) is 8.75. The van der Waals surface area contributed by atoms with Crippen molar-refractivity contribution in [2.24, 2.45) is 5.41 Å². The Labute approximate surface area is 114 Å². The van der Waals surface area contributed by atoms with Crippen molar-refractivity contribution in [3.05, 3.63) is 18.5 Å². The van der Waals surface area contributed by atoms with Gasteiger partial charge in [-0.3, -0.25) is 4.98 Å². The zero-order valence-electron chi connectivity index (χ0n) is 11.8. The Morgan fingerprint density at radius 2 is 2.16 bits per heavy atom. The second-order valence-corrected chi connectivity index (χ2v) is 8.02. The number of hydrogen-bond donors (Lipinski definition) is 0. The summed E-state index contributed by atoms with van der Waals surface area (Å²) in [5, 5.41) is 0. The van der Waals surface area contributed by atoms with Crippen LogP contribution in [0.5, 0.6) is 5.75 Å². The molecule has 1 aromatic heterocycles. The van der Waals surface area contributed by atoms with E-state index in [-0.39, 0.29) is 16.4 Å². The Bertz CT molecular complexity index is 563. The van der Waals surface area contributed by atoms with E-state index in [1.54, 1.807) is 0 Å². The molecule has 0 saturated carbocycles. The van der Waals surface area contributed by atoms with E-state index in [0.29, 0.717) is 18.8 Å². The van der Waals surface area contributed by atoms with Gasteiger partial charge in [0.25, 0.3) is 0 Å². The van der Waals surface area contributed by atoms with Gasteiger partial charge in [-0.1, -0.05) is 20.8 Å². The number of ether oxygens (including phenoxy) is 1. The third kappa shape index (κ3) is 3.06. The maximum Gasteiger partial charge on any atom is 0.247 e. The number of hydrogen-bond acceptors (Lipinski definition) is 4. The molecule has 0 aromatic carbocycles. The second-order valence-electron chi connectivity index (χ2n) is 6.11. The highest BCUT2D eigenvalue weighted by Gasteiger charge is 2.35. The largest absolute Gasteiger partial charge is 0.486 e. The van der Waals surface area contributed by atoms with Crippen LogP contribution in [0.1, 0.15) is 27.7 Å². The van der Waals surface area contributed by atoms with E-state index in [1.165, 1.54) is 22.8 Å². The van der Waals surface area contributed by atoms with Crippen LogP contribution in [-0.4, -0.2) is 36.9 Å². The summed E-state index contributed by atoms with van der Waals surface area (Å²) in [4.78, 5) is 4.14. The molecule has 0 saturated heterocycles. The highest BCUT2D eigenvalue weighted by molar-refractivity contribution is 7.89. The summed E-state index contributed by atoms with van der Waals surface area (Å²) >= 11 is 0. The Hall–Kier alpha value is -1.14. The molecule has 106 valence electrons. The van der Waals surface area contributed by atoms with Crippen molar-refractivity contribution in [2.75, 3.05) is 13.1 Å². The standard InChI is InChI=1S/C13H20N2O3S/c1-10-8-15(9-13(2,3)4)19(16,17)12-5-6-14-7-11(12)18-10/h5-7,10H,8-9H2,1-4H3. The normalized spacial score (nSPS) is 23.3. The number of fused-ring (bicyclic) bond motifs is 1. The fourth-order valence-electron chi connectivity index (χ4n) is 2.13. The van der Waals surface area contributed by atoms with Gasteiger partial charge in [0.05, 0.1) is 12.7 Å². The van der Waals surface area contributed by atoms with Crippen molar-refractivity contribution in [1.29, 1.82) is 0 Å². The van der Waals surface area contributed by atoms with Crippen LogP contribution in [0.3, 0.4) is 0 Å². The fourth-order valence-corrected chi connectivity index (χ4v) is 3.95. The van der Waals surface area contributed by atoms with Gasteiger partial charge in [0.1, 0.15) is 11.0 Å². The molecule has 2 rings (SSSR count). The quantitative estimate of drug-likeness (QED) is 0.790. The van der Waals surface area contributed by atoms with E-state index >= 15 is 0 Å². The van der Waals surface area contributed by atoms with Crippen LogP contribution in [0.25, 0.3) is 0 Å². The van der Waals surface area contributed by atoms with Gasteiger partial charge in [0.15, 0.2) is 5.75 Å². The average molecular weight is 284 g/mol. The molecule has 0 N–H and O–H groups in total. The number of rotatable bonds is 1. The minimum absolute atomic E-state index is 0.107. The van der Waals surface area contributed by atoms with Crippen molar-refractivity contribution in [2.45, 2.75) is 38.7 Å². The lowest BCUT2D eigenvalue weighted by molar-refractivity contribution is 0.174. The number of aromatic nitrogens is 1. The van der Waals surface area contributed by atoms with E-state index in [0.717, 1.165) is 0 Å². The third-order valence-electron chi connectivity index (χ3n) is 2.80. The molecule has 0 aliphatic carbocycles. The summed E-state index contributed by atoms with van der Waals surface area (Å²) in [5.41, 5.74) is -0.107. The zero-order valence-corrected chi connectivity index (χ0v) is 12.6. The molecule has 6 heteroatoms. The topological polar surface area (TPSA) is 59.5 Å². The Kier molecular flexibility index (Phi) is 3.57. The molecule has 0 bridgehead atoms. The predicted octanol–water partition coefficient (Wildman–Crippen LogP) is 1.90. The van der Waals surface area contributed by atoms with Crippen molar-refractivity contribution >= 4 is 10.0 Å². The van der Waals surface area contributed by atoms with Crippen LogP contribution in [0.2, 0.25) is 0 Å². The van der Waals surface area contributed by atoms with Crippen LogP contribution >= 0.6 is 0 Å². The SMILES string of the molecule is CC1CN(CC(C)(C)C)S(=O)(=O)c2ccncc2O1. The van der Waals surface area contributed by atoms with Gasteiger partial charge in [-0.2, -0.15) is 4.31 Å². The molecule has 1 aromatic rings.